The first-order valence-corrected chi connectivity index (χ1v) is 51.1. The van der Waals surface area contributed by atoms with Crippen molar-refractivity contribution in [2.75, 3.05) is 11.5 Å². The van der Waals surface area contributed by atoms with Gasteiger partial charge in [-0.05, 0) is 307 Å². The number of phenols is 1. The van der Waals surface area contributed by atoms with E-state index in [1.807, 2.05) is 24.3 Å². The number of ether oxygens (including phenoxy) is 5. The van der Waals surface area contributed by atoms with Gasteiger partial charge in [0, 0.05) is 34.4 Å². The van der Waals surface area contributed by atoms with Crippen LogP contribution in [0.1, 0.15) is 377 Å². The smallest absolute Gasteiger partial charge is 0.314 e. The summed E-state index contributed by atoms with van der Waals surface area (Å²) in [5.74, 6) is 7.19. The number of aromatic hydroxyl groups is 1. The average Bonchev–Trinajstić information content (AvgIpc) is 1.35. The van der Waals surface area contributed by atoms with Gasteiger partial charge < -0.3 is 33.3 Å². The SMILES string of the molecule is CC(C)(C(=O)c1ccc(C2CCCCC2)cc1)[S+]1CCCC1.CCC(C)c1c(F)c(F)c(S(=O)(=O)[O-])c(F)c1F.CCC(C)c1ccc(O)cc1.CCC(C)c1ccc(OC(=O)C2C3CC4CC(C3)CC2C4)cc1.CCC(C)c1ccc(OC(CC(C)(C)C)OC2CCCCC2)cc1.CCC(C)c1ccc(OC(OC2CC3CC2C2CCCC32)C(C)C)cc1. The van der Waals surface area contributed by atoms with Crippen LogP contribution < -0.4 is 14.2 Å². The Morgan fingerprint density at radius 1 is 0.476 bits per heavy atom. The summed E-state index contributed by atoms with van der Waals surface area (Å²) in [6.07, 6.45) is 35.4. The molecule has 17 heteroatoms. The van der Waals surface area contributed by atoms with Crippen molar-refractivity contribution in [1.29, 1.82) is 0 Å². The predicted molar refractivity (Wildman–Crippen MR) is 496 cm³/mol. The first kappa shape index (κ1) is 99.9. The van der Waals surface area contributed by atoms with E-state index in [0.717, 1.165) is 89.9 Å². The molecule has 1 aliphatic heterocycles. The van der Waals surface area contributed by atoms with Crippen LogP contribution in [-0.4, -0.2) is 70.9 Å². The molecule has 0 spiro atoms. The maximum absolute atomic E-state index is 13.5. The van der Waals surface area contributed by atoms with Crippen molar-refractivity contribution in [3.63, 3.8) is 0 Å². The van der Waals surface area contributed by atoms with Crippen LogP contribution in [0.3, 0.4) is 0 Å². The number of carbonyl (C=O) groups excluding carboxylic acids is 2. The maximum Gasteiger partial charge on any atom is 0.314 e. The molecular weight excluding hydrogens is 1600 g/mol. The molecule has 686 valence electrons. The van der Waals surface area contributed by atoms with Crippen LogP contribution in [0.2, 0.25) is 0 Å². The molecule has 10 fully saturated rings. The number of phenolic OH excluding ortho intramolecular Hbond substituents is 1. The fourth-order valence-corrected chi connectivity index (χ4v) is 24.6. The number of halogens is 4. The molecule has 12 unspecified atom stereocenters. The Morgan fingerprint density at radius 3 is 1.37 bits per heavy atom. The first-order valence-electron chi connectivity index (χ1n) is 48.1. The lowest BCUT2D eigenvalue weighted by Crippen LogP contribution is -2.49. The van der Waals surface area contributed by atoms with Crippen LogP contribution in [0.25, 0.3) is 0 Å². The second-order valence-corrected chi connectivity index (χ2v) is 44.5. The van der Waals surface area contributed by atoms with Crippen molar-refractivity contribution in [3.8, 4) is 23.0 Å². The van der Waals surface area contributed by atoms with Gasteiger partial charge in [-0.3, -0.25) is 9.59 Å². The topological polar surface area (TPSA) is 158 Å². The molecule has 0 amide bonds. The summed E-state index contributed by atoms with van der Waals surface area (Å²) in [4.78, 5) is 23.6. The fraction of sp³-hybridized carbons (Fsp3) is 0.645. The van der Waals surface area contributed by atoms with Crippen LogP contribution in [0.15, 0.2) is 126 Å². The Balaban J connectivity index is 0.000000158. The highest BCUT2D eigenvalue weighted by molar-refractivity contribution is 7.99. The van der Waals surface area contributed by atoms with Crippen molar-refractivity contribution >= 4 is 32.8 Å². The highest BCUT2D eigenvalue weighted by atomic mass is 32.2. The first-order chi connectivity index (χ1) is 59.0. The summed E-state index contributed by atoms with van der Waals surface area (Å²) in [7, 11) is -5.37. The van der Waals surface area contributed by atoms with Gasteiger partial charge in [0.05, 0.1) is 18.1 Å². The van der Waals surface area contributed by atoms with E-state index in [9.17, 15) is 40.1 Å². The van der Waals surface area contributed by atoms with Gasteiger partial charge >= 0.3 is 5.97 Å². The largest absolute Gasteiger partial charge is 0.744 e. The molecule has 1 heterocycles. The Kier molecular flexibility index (Phi) is 37.3. The second kappa shape index (κ2) is 46.3. The maximum atomic E-state index is 13.5. The number of benzene rings is 6. The van der Waals surface area contributed by atoms with E-state index in [4.69, 9.17) is 28.8 Å². The zero-order valence-electron chi connectivity index (χ0n) is 78.2. The van der Waals surface area contributed by atoms with Gasteiger partial charge in [0.15, 0.2) is 28.0 Å². The highest BCUT2D eigenvalue weighted by Gasteiger charge is 2.56. The third-order valence-electron chi connectivity index (χ3n) is 29.6. The van der Waals surface area contributed by atoms with E-state index in [2.05, 4.69) is 189 Å². The summed E-state index contributed by atoms with van der Waals surface area (Å²) < 4.78 is 116. The monoisotopic (exact) mass is 1750 g/mol. The molecule has 6 aromatic carbocycles. The summed E-state index contributed by atoms with van der Waals surface area (Å²) in [5.41, 5.74) is 7.04. The summed E-state index contributed by atoms with van der Waals surface area (Å²) in [6.45, 7) is 36.1. The van der Waals surface area contributed by atoms with Gasteiger partial charge in [0.2, 0.25) is 18.4 Å². The minimum absolute atomic E-state index is 0.0371. The number of esters is 1. The zero-order valence-corrected chi connectivity index (χ0v) is 79.8. The van der Waals surface area contributed by atoms with Gasteiger partial charge in [0.25, 0.3) is 0 Å². The van der Waals surface area contributed by atoms with E-state index in [-0.39, 0.29) is 51.9 Å². The molecule has 6 bridgehead atoms. The number of hydrogen-bond acceptors (Lipinski definition) is 11. The number of carbonyl (C=O) groups is 2. The quantitative estimate of drug-likeness (QED) is 0.00765. The van der Waals surface area contributed by atoms with Crippen LogP contribution >= 0.6 is 0 Å². The minimum atomic E-state index is -5.64. The number of ketones is 1. The molecule has 6 aromatic rings. The Hall–Kier alpha value is -6.24. The molecule has 11 nitrogen and oxygen atoms in total. The minimum Gasteiger partial charge on any atom is -0.744 e. The lowest BCUT2D eigenvalue weighted by molar-refractivity contribution is -0.162. The van der Waals surface area contributed by atoms with E-state index in [1.54, 1.807) is 12.1 Å². The summed E-state index contributed by atoms with van der Waals surface area (Å²) >= 11 is 0. The average molecular weight is 1750 g/mol. The van der Waals surface area contributed by atoms with E-state index < -0.39 is 49.8 Å². The van der Waals surface area contributed by atoms with Crippen molar-refractivity contribution in [3.05, 3.63) is 184 Å². The van der Waals surface area contributed by atoms with Gasteiger partial charge in [-0.15, -0.1) is 0 Å². The molecule has 0 aromatic heterocycles. The van der Waals surface area contributed by atoms with Crippen molar-refractivity contribution in [1.82, 2.24) is 0 Å². The van der Waals surface area contributed by atoms with Gasteiger partial charge in [0.1, 0.15) is 49.5 Å². The van der Waals surface area contributed by atoms with Crippen molar-refractivity contribution in [2.45, 2.75) is 367 Å². The molecule has 9 saturated carbocycles. The fourth-order valence-electron chi connectivity index (χ4n) is 21.3. The van der Waals surface area contributed by atoms with Crippen molar-refractivity contribution < 1.29 is 68.9 Å². The Labute approximate surface area is 747 Å². The molecule has 16 rings (SSSR count). The molecule has 124 heavy (non-hydrogen) atoms. The van der Waals surface area contributed by atoms with E-state index >= 15 is 0 Å². The molecule has 0 radical (unpaired) electrons. The third kappa shape index (κ3) is 27.0. The number of hydrogen-bond donors (Lipinski definition) is 1. The normalized spacial score (nSPS) is 24.6. The Bertz CT molecular complexity index is 4320. The summed E-state index contributed by atoms with van der Waals surface area (Å²) in [5, 5.41) is 9.01. The highest BCUT2D eigenvalue weighted by Crippen LogP contribution is 2.60. The number of rotatable bonds is 27. The Morgan fingerprint density at radius 2 is 0.919 bits per heavy atom. The number of fused-ring (bicyclic) bond motifs is 5. The standard InChI is InChI=1S/C24H36O2.C22H36O2.C21H28O2.C20H29OS.C10H10F4O3S.C10H14O/c1-5-16(4)17-9-11-19(12-10-17)25-24(15(2)3)26-23-14-18-13-22(23)21-8-6-7-20(18)21;1-6-17(2)18-12-14-20(15-13-18)24-21(16-22(3,4)5)23-19-10-8-7-9-11-19;1-3-13(2)16-4-6-19(7-5-16)23-21(22)20-17-9-14-8-15(11-17)12-18(20)10-14;1-20(2,22-14-6-7-15-22)19(21)18-12-10-17(11-13-18)16-8-4-3-5-9-16;1-3-4(2)5-6(11)8(13)10(18(15,16)17)9(14)7(5)12;1-3-8(2)9-4-6-10(11)7-5-9/h9-12,15-16,18,20-24H,5-8,13-14H2,1-4H3;12-15,17,19,21H,6-11,16H2,1-5H3;4-7,13-15,17-18,20H,3,8-12H2,1-2H3;10-13,16H,3-9,14-15H2,1-2H3;4H,3H2,1-2H3,(H,15,16,17);4-8,11H,3H2,1-2H3/q;;;+1;;/p-1. The van der Waals surface area contributed by atoms with Crippen molar-refractivity contribution in [2.24, 2.45) is 64.6 Å². The lowest BCUT2D eigenvalue weighted by atomic mass is 9.52. The van der Waals surface area contributed by atoms with Gasteiger partial charge in [-0.25, -0.2) is 26.0 Å². The van der Waals surface area contributed by atoms with Gasteiger partial charge in [-0.1, -0.05) is 222 Å². The number of Topliss-reactive ketones (excluding diaryl/α,β-unsaturated/α-hetero) is 1. The lowest BCUT2D eigenvalue weighted by Gasteiger charge is -2.53. The van der Waals surface area contributed by atoms with Gasteiger partial charge in [-0.2, -0.15) is 0 Å². The van der Waals surface area contributed by atoms with Crippen LogP contribution in [-0.2, 0) is 35.3 Å². The molecule has 9 aliphatic carbocycles. The predicted octanol–water partition coefficient (Wildman–Crippen LogP) is 28.9. The van der Waals surface area contributed by atoms with Crippen LogP contribution in [0.4, 0.5) is 17.6 Å². The summed E-state index contributed by atoms with van der Waals surface area (Å²) in [6, 6.07) is 41.4. The zero-order chi connectivity index (χ0) is 89.9. The van der Waals surface area contributed by atoms with Crippen LogP contribution in [0.5, 0.6) is 23.0 Å². The second-order valence-electron chi connectivity index (χ2n) is 40.3. The molecule has 1 saturated heterocycles. The molecule has 12 atom stereocenters. The van der Waals surface area contributed by atoms with E-state index in [1.165, 1.54) is 201 Å². The molecular formula is C107H152F4O11S2. The third-order valence-corrected chi connectivity index (χ3v) is 33.6. The van der Waals surface area contributed by atoms with E-state index in [0.29, 0.717) is 65.2 Å². The molecule has 1 N–H and O–H groups in total. The molecule has 10 aliphatic rings. The van der Waals surface area contributed by atoms with Crippen LogP contribution in [0, 0.1) is 87.9 Å².